The highest BCUT2D eigenvalue weighted by atomic mass is 35.5. The van der Waals surface area contributed by atoms with E-state index >= 15 is 0 Å². The Morgan fingerprint density at radius 2 is 1.36 bits per heavy atom. The molecule has 1 nitrogen and oxygen atoms in total. The van der Waals surface area contributed by atoms with Gasteiger partial charge in [0.2, 0.25) is 0 Å². The van der Waals surface area contributed by atoms with Gasteiger partial charge >= 0.3 is 0 Å². The van der Waals surface area contributed by atoms with Gasteiger partial charge in [0.05, 0.1) is 32.6 Å². The van der Waals surface area contributed by atoms with Crippen molar-refractivity contribution in [3.63, 3.8) is 0 Å². The summed E-state index contributed by atoms with van der Waals surface area (Å²) in [6.45, 7) is 8.23. The quantitative estimate of drug-likeness (QED) is 0.423. The predicted octanol–water partition coefficient (Wildman–Crippen LogP) is 0.276. The molecule has 0 rings (SSSR count). The van der Waals surface area contributed by atoms with Crippen LogP contribution in [0.15, 0.2) is 0 Å². The summed E-state index contributed by atoms with van der Waals surface area (Å²) in [7, 11) is 2.34. The van der Waals surface area contributed by atoms with Crippen molar-refractivity contribution in [3.8, 4) is 0 Å². The number of hydrogen-bond acceptors (Lipinski definition) is 0. The SMILES string of the molecule is CCCC[N+](C)(CCCl)CCCC.[Cl-]. The van der Waals surface area contributed by atoms with Crippen LogP contribution in [0.4, 0.5) is 0 Å². The molecule has 3 heteroatoms. The third kappa shape index (κ3) is 7.90. The molecule has 0 aliphatic heterocycles. The molecule has 0 aliphatic rings. The molecule has 0 fully saturated rings. The van der Waals surface area contributed by atoms with Gasteiger partial charge < -0.3 is 16.9 Å². The van der Waals surface area contributed by atoms with Gasteiger partial charge in [-0.15, -0.1) is 11.6 Å². The summed E-state index contributed by atoms with van der Waals surface area (Å²) in [6.07, 6.45) is 5.25. The van der Waals surface area contributed by atoms with Crippen molar-refractivity contribution in [2.75, 3.05) is 32.6 Å². The fourth-order valence-electron chi connectivity index (χ4n) is 1.62. The first-order valence-electron chi connectivity index (χ1n) is 5.58. The molecule has 0 aromatic heterocycles. The monoisotopic (exact) mass is 241 g/mol. The first kappa shape index (κ1) is 17.0. The number of halogens is 2. The van der Waals surface area contributed by atoms with E-state index in [0.717, 1.165) is 12.4 Å². The Morgan fingerprint density at radius 3 is 1.64 bits per heavy atom. The summed E-state index contributed by atoms with van der Waals surface area (Å²) in [5, 5.41) is 0. The van der Waals surface area contributed by atoms with Gasteiger partial charge in [0.1, 0.15) is 0 Å². The van der Waals surface area contributed by atoms with E-state index in [-0.39, 0.29) is 12.4 Å². The largest absolute Gasteiger partial charge is 1.00 e. The fraction of sp³-hybridized carbons (Fsp3) is 1.00. The summed E-state index contributed by atoms with van der Waals surface area (Å²) in [6, 6.07) is 0. The number of hydrogen-bond donors (Lipinski definition) is 0. The van der Waals surface area contributed by atoms with Gasteiger partial charge in [-0.05, 0) is 12.8 Å². The van der Waals surface area contributed by atoms with Crippen LogP contribution in [0.25, 0.3) is 0 Å². The van der Waals surface area contributed by atoms with Gasteiger partial charge in [-0.3, -0.25) is 0 Å². The number of rotatable bonds is 8. The minimum Gasteiger partial charge on any atom is -1.00 e. The average molecular weight is 242 g/mol. The van der Waals surface area contributed by atoms with Gasteiger partial charge in [-0.1, -0.05) is 26.7 Å². The average Bonchev–Trinajstić information content (AvgIpc) is 2.12. The molecule has 0 saturated heterocycles. The Balaban J connectivity index is 0. The molecule has 88 valence electrons. The lowest BCUT2D eigenvalue weighted by atomic mass is 10.2. The van der Waals surface area contributed by atoms with Crippen LogP contribution in [0, 0.1) is 0 Å². The van der Waals surface area contributed by atoms with Crippen LogP contribution in [0.2, 0.25) is 0 Å². The Bertz CT molecular complexity index is 110. The lowest BCUT2D eigenvalue weighted by Gasteiger charge is -2.34. The van der Waals surface area contributed by atoms with Gasteiger partial charge in [-0.2, -0.15) is 0 Å². The van der Waals surface area contributed by atoms with Crippen LogP contribution in [-0.4, -0.2) is 37.0 Å². The Morgan fingerprint density at radius 1 is 0.929 bits per heavy atom. The molecule has 0 bridgehead atoms. The van der Waals surface area contributed by atoms with Crippen LogP contribution >= 0.6 is 11.6 Å². The molecule has 14 heavy (non-hydrogen) atoms. The Hall–Kier alpha value is 0.540. The maximum atomic E-state index is 5.83. The molecule has 0 aromatic carbocycles. The topological polar surface area (TPSA) is 0 Å². The molecule has 0 N–H and O–H groups in total. The summed E-state index contributed by atoms with van der Waals surface area (Å²) < 4.78 is 1.17. The number of alkyl halides is 1. The highest BCUT2D eigenvalue weighted by Gasteiger charge is 2.18. The molecule has 0 aromatic rings. The highest BCUT2D eigenvalue weighted by molar-refractivity contribution is 6.17. The molecule has 0 unspecified atom stereocenters. The first-order valence-corrected chi connectivity index (χ1v) is 6.11. The third-order valence-electron chi connectivity index (χ3n) is 2.73. The molecule has 0 radical (unpaired) electrons. The third-order valence-corrected chi connectivity index (χ3v) is 2.90. The van der Waals surface area contributed by atoms with Crippen molar-refractivity contribution in [2.45, 2.75) is 39.5 Å². The van der Waals surface area contributed by atoms with Crippen molar-refractivity contribution >= 4 is 11.6 Å². The molecular formula is C11H25Cl2N. The summed E-state index contributed by atoms with van der Waals surface area (Å²) >= 11 is 5.83. The number of nitrogens with zero attached hydrogens (tertiary/aromatic N) is 1. The summed E-state index contributed by atoms with van der Waals surface area (Å²) in [5.74, 6) is 0.796. The van der Waals surface area contributed by atoms with Crippen molar-refractivity contribution in [1.29, 1.82) is 0 Å². The predicted molar refractivity (Wildman–Crippen MR) is 61.3 cm³/mol. The maximum Gasteiger partial charge on any atom is 0.0922 e. The van der Waals surface area contributed by atoms with Gasteiger partial charge in [0, 0.05) is 0 Å². The molecular weight excluding hydrogens is 217 g/mol. The van der Waals surface area contributed by atoms with E-state index in [1.54, 1.807) is 0 Å². The van der Waals surface area contributed by atoms with Crippen LogP contribution in [-0.2, 0) is 0 Å². The van der Waals surface area contributed by atoms with Gasteiger partial charge in [-0.25, -0.2) is 0 Å². The van der Waals surface area contributed by atoms with Crippen molar-refractivity contribution in [2.24, 2.45) is 0 Å². The van der Waals surface area contributed by atoms with E-state index < -0.39 is 0 Å². The van der Waals surface area contributed by atoms with Crippen LogP contribution in [0.1, 0.15) is 39.5 Å². The fourth-order valence-corrected chi connectivity index (χ4v) is 2.03. The number of unbranched alkanes of at least 4 members (excludes halogenated alkanes) is 2. The lowest BCUT2D eigenvalue weighted by Crippen LogP contribution is -3.00. The highest BCUT2D eigenvalue weighted by Crippen LogP contribution is 2.08. The van der Waals surface area contributed by atoms with E-state index in [0.29, 0.717) is 0 Å². The van der Waals surface area contributed by atoms with Crippen molar-refractivity contribution in [3.05, 3.63) is 0 Å². The Labute approximate surface area is 101 Å². The van der Waals surface area contributed by atoms with Crippen LogP contribution in [0.5, 0.6) is 0 Å². The van der Waals surface area contributed by atoms with Crippen LogP contribution < -0.4 is 12.4 Å². The zero-order valence-electron chi connectivity index (χ0n) is 9.86. The van der Waals surface area contributed by atoms with Gasteiger partial charge in [0.15, 0.2) is 0 Å². The molecule has 0 atom stereocenters. The van der Waals surface area contributed by atoms with E-state index in [4.69, 9.17) is 11.6 Å². The minimum absolute atomic E-state index is 0. The summed E-state index contributed by atoms with van der Waals surface area (Å²) in [4.78, 5) is 0. The van der Waals surface area contributed by atoms with Gasteiger partial charge in [0.25, 0.3) is 0 Å². The Kier molecular flexibility index (Phi) is 12.2. The molecule has 0 saturated carbocycles. The maximum absolute atomic E-state index is 5.83. The van der Waals surface area contributed by atoms with Crippen molar-refractivity contribution in [1.82, 2.24) is 0 Å². The summed E-state index contributed by atoms with van der Waals surface area (Å²) in [5.41, 5.74) is 0. The second-order valence-electron chi connectivity index (χ2n) is 4.19. The number of quaternary nitrogens is 1. The molecule has 0 amide bonds. The van der Waals surface area contributed by atoms with Crippen molar-refractivity contribution < 1.29 is 16.9 Å². The lowest BCUT2D eigenvalue weighted by molar-refractivity contribution is -0.907. The first-order chi connectivity index (χ1) is 6.18. The van der Waals surface area contributed by atoms with E-state index in [2.05, 4.69) is 20.9 Å². The molecule has 0 aliphatic carbocycles. The smallest absolute Gasteiger partial charge is 0.0922 e. The molecule has 0 heterocycles. The minimum atomic E-state index is 0. The van der Waals surface area contributed by atoms with E-state index in [1.807, 2.05) is 0 Å². The second kappa shape index (κ2) is 10.1. The van der Waals surface area contributed by atoms with E-state index in [1.165, 1.54) is 43.3 Å². The zero-order valence-corrected chi connectivity index (χ0v) is 11.4. The normalized spacial score (nSPS) is 11.1. The zero-order chi connectivity index (χ0) is 10.2. The van der Waals surface area contributed by atoms with E-state index in [9.17, 15) is 0 Å². The standard InChI is InChI=1S/C11H25ClN.ClH/c1-4-6-9-13(3,11-8-12)10-7-5-2;/h4-11H2,1-3H3;1H/q+1;/p-1. The molecule has 0 spiro atoms. The second-order valence-corrected chi connectivity index (χ2v) is 4.56. The van der Waals surface area contributed by atoms with Crippen LogP contribution in [0.3, 0.4) is 0 Å².